The molecule has 2 heterocycles. The van der Waals surface area contributed by atoms with Gasteiger partial charge in [0.25, 0.3) is 0 Å². The van der Waals surface area contributed by atoms with Crippen molar-refractivity contribution in [2.45, 2.75) is 31.1 Å². The van der Waals surface area contributed by atoms with Crippen LogP contribution in [0, 0.1) is 0 Å². The fraction of sp³-hybridized carbons (Fsp3) is 1.00. The Balaban J connectivity index is 2.02. The molecule has 0 aromatic carbocycles. The van der Waals surface area contributed by atoms with Crippen LogP contribution in [-0.4, -0.2) is 68.7 Å². The van der Waals surface area contributed by atoms with Crippen molar-refractivity contribution in [3.05, 3.63) is 0 Å². The van der Waals surface area contributed by atoms with Crippen LogP contribution in [0.15, 0.2) is 0 Å². The zero-order chi connectivity index (χ0) is 12.5. The van der Waals surface area contributed by atoms with Crippen molar-refractivity contribution in [2.75, 3.05) is 39.8 Å². The van der Waals surface area contributed by atoms with Crippen LogP contribution in [0.3, 0.4) is 0 Å². The minimum absolute atomic E-state index is 0.333. The van der Waals surface area contributed by atoms with Crippen molar-refractivity contribution in [2.24, 2.45) is 0 Å². The zero-order valence-electron chi connectivity index (χ0n) is 10.7. The Kier molecular flexibility index (Phi) is 4.07. The second-order valence-electron chi connectivity index (χ2n) is 5.10. The molecule has 2 atom stereocenters. The molecule has 0 amide bonds. The minimum Gasteiger partial charge on any atom is -0.318 e. The summed E-state index contributed by atoms with van der Waals surface area (Å²) in [4.78, 5) is 2.43. The van der Waals surface area contributed by atoms with Crippen molar-refractivity contribution >= 4 is 10.0 Å². The lowest BCUT2D eigenvalue weighted by Crippen LogP contribution is -2.54. The molecule has 0 bridgehead atoms. The fourth-order valence-electron chi connectivity index (χ4n) is 2.84. The average molecular weight is 261 g/mol. The van der Waals surface area contributed by atoms with Crippen LogP contribution in [0.2, 0.25) is 0 Å². The summed E-state index contributed by atoms with van der Waals surface area (Å²) in [5, 5.41) is 2.61. The van der Waals surface area contributed by atoms with Crippen molar-refractivity contribution in [1.82, 2.24) is 14.5 Å². The van der Waals surface area contributed by atoms with Gasteiger partial charge in [0.2, 0.25) is 10.0 Å². The van der Waals surface area contributed by atoms with Gasteiger partial charge >= 0.3 is 0 Å². The van der Waals surface area contributed by atoms with E-state index in [1.807, 2.05) is 0 Å². The highest BCUT2D eigenvalue weighted by Crippen LogP contribution is 2.24. The van der Waals surface area contributed by atoms with Crippen LogP contribution in [0.5, 0.6) is 0 Å². The largest absolute Gasteiger partial charge is 0.318 e. The molecule has 0 aromatic heterocycles. The van der Waals surface area contributed by atoms with E-state index >= 15 is 0 Å². The number of fused-ring (bicyclic) bond motifs is 1. The maximum atomic E-state index is 12.3. The molecule has 0 aromatic rings. The number of sulfonamides is 1. The number of hydrogen-bond acceptors (Lipinski definition) is 4. The number of nitrogens with zero attached hydrogens (tertiary/aromatic N) is 2. The molecule has 2 aliphatic heterocycles. The van der Waals surface area contributed by atoms with Gasteiger partial charge < -0.3 is 5.32 Å². The summed E-state index contributed by atoms with van der Waals surface area (Å²) in [6.07, 6.45) is 2.36. The number of hydrogen-bond donors (Lipinski definition) is 1. The van der Waals surface area contributed by atoms with Gasteiger partial charge in [-0.1, -0.05) is 0 Å². The van der Waals surface area contributed by atoms with Crippen LogP contribution in [-0.2, 0) is 10.0 Å². The summed E-state index contributed by atoms with van der Waals surface area (Å²) in [6, 6.07) is 0.459. The molecule has 0 spiro atoms. The quantitative estimate of drug-likeness (QED) is 0.755. The molecule has 0 saturated carbocycles. The van der Waals surface area contributed by atoms with E-state index in [2.05, 4.69) is 10.2 Å². The third-order valence-electron chi connectivity index (χ3n) is 3.91. The topological polar surface area (TPSA) is 52.7 Å². The van der Waals surface area contributed by atoms with Gasteiger partial charge in [-0.3, -0.25) is 4.90 Å². The second-order valence-corrected chi connectivity index (χ2v) is 7.45. The fourth-order valence-corrected chi connectivity index (χ4v) is 4.44. The predicted molar refractivity (Wildman–Crippen MR) is 68.5 cm³/mol. The Morgan fingerprint density at radius 1 is 1.35 bits per heavy atom. The Bertz CT molecular complexity index is 358. The van der Waals surface area contributed by atoms with Crippen LogP contribution in [0.4, 0.5) is 0 Å². The highest BCUT2D eigenvalue weighted by atomic mass is 32.2. The first-order valence-corrected chi connectivity index (χ1v) is 7.93. The van der Waals surface area contributed by atoms with Gasteiger partial charge in [-0.2, -0.15) is 4.31 Å². The van der Waals surface area contributed by atoms with E-state index in [1.54, 1.807) is 18.3 Å². The molecule has 0 radical (unpaired) electrons. The van der Waals surface area contributed by atoms with Gasteiger partial charge in [0.1, 0.15) is 0 Å². The van der Waals surface area contributed by atoms with Crippen molar-refractivity contribution < 1.29 is 8.42 Å². The molecule has 1 N–H and O–H groups in total. The first-order chi connectivity index (χ1) is 8.05. The van der Waals surface area contributed by atoms with Gasteiger partial charge in [-0.25, -0.2) is 8.42 Å². The average Bonchev–Trinajstić information content (AvgIpc) is 2.76. The summed E-state index contributed by atoms with van der Waals surface area (Å²) in [5.41, 5.74) is 0. The SMILES string of the molecule is CNCC(C)S(=O)(=O)N1CCN2CCCC2C1. The summed E-state index contributed by atoms with van der Waals surface area (Å²) in [5.74, 6) is 0. The molecule has 17 heavy (non-hydrogen) atoms. The highest BCUT2D eigenvalue weighted by Gasteiger charge is 2.37. The number of nitrogens with one attached hydrogen (secondary N) is 1. The molecule has 2 aliphatic rings. The van der Waals surface area contributed by atoms with Crippen LogP contribution in [0.1, 0.15) is 19.8 Å². The van der Waals surface area contributed by atoms with Crippen LogP contribution >= 0.6 is 0 Å². The lowest BCUT2D eigenvalue weighted by atomic mass is 10.2. The second kappa shape index (κ2) is 5.22. The number of rotatable bonds is 4. The molecule has 100 valence electrons. The lowest BCUT2D eigenvalue weighted by molar-refractivity contribution is 0.157. The van der Waals surface area contributed by atoms with Crippen molar-refractivity contribution in [3.8, 4) is 0 Å². The monoisotopic (exact) mass is 261 g/mol. The van der Waals surface area contributed by atoms with Gasteiger partial charge in [0.05, 0.1) is 5.25 Å². The third kappa shape index (κ3) is 2.65. The van der Waals surface area contributed by atoms with E-state index in [1.165, 1.54) is 6.42 Å². The van der Waals surface area contributed by atoms with Crippen molar-refractivity contribution in [3.63, 3.8) is 0 Å². The van der Waals surface area contributed by atoms with E-state index in [0.717, 1.165) is 19.5 Å². The van der Waals surface area contributed by atoms with E-state index in [4.69, 9.17) is 0 Å². The Morgan fingerprint density at radius 2 is 2.12 bits per heavy atom. The molecule has 2 unspecified atom stereocenters. The van der Waals surface area contributed by atoms with Gasteiger partial charge in [-0.05, 0) is 33.4 Å². The summed E-state index contributed by atoms with van der Waals surface area (Å²) < 4.78 is 26.4. The maximum absolute atomic E-state index is 12.3. The molecular weight excluding hydrogens is 238 g/mol. The maximum Gasteiger partial charge on any atom is 0.218 e. The molecule has 2 fully saturated rings. The molecule has 0 aliphatic carbocycles. The zero-order valence-corrected chi connectivity index (χ0v) is 11.5. The summed E-state index contributed by atoms with van der Waals surface area (Å²) in [7, 11) is -1.33. The van der Waals surface area contributed by atoms with E-state index in [9.17, 15) is 8.42 Å². The number of piperazine rings is 1. The predicted octanol–water partition coefficient (Wildman–Crippen LogP) is -0.296. The van der Waals surface area contributed by atoms with Gasteiger partial charge in [0.15, 0.2) is 0 Å². The Labute approximate surface area is 104 Å². The summed E-state index contributed by atoms with van der Waals surface area (Å²) in [6.45, 7) is 5.70. The first kappa shape index (κ1) is 13.3. The van der Waals surface area contributed by atoms with Crippen LogP contribution < -0.4 is 5.32 Å². The molecule has 5 nitrogen and oxygen atoms in total. The van der Waals surface area contributed by atoms with E-state index < -0.39 is 10.0 Å². The standard InChI is InChI=1S/C11H23N3O2S/c1-10(8-12-2)17(15,16)14-7-6-13-5-3-4-11(13)9-14/h10-12H,3-9H2,1-2H3. The lowest BCUT2D eigenvalue weighted by Gasteiger charge is -2.37. The Morgan fingerprint density at radius 3 is 2.82 bits per heavy atom. The van der Waals surface area contributed by atoms with E-state index in [-0.39, 0.29) is 5.25 Å². The van der Waals surface area contributed by atoms with Gasteiger partial charge in [0, 0.05) is 32.2 Å². The van der Waals surface area contributed by atoms with Crippen LogP contribution in [0.25, 0.3) is 0 Å². The molecular formula is C11H23N3O2S. The summed E-state index contributed by atoms with van der Waals surface area (Å²) >= 11 is 0. The third-order valence-corrected chi connectivity index (χ3v) is 6.15. The van der Waals surface area contributed by atoms with Gasteiger partial charge in [-0.15, -0.1) is 0 Å². The minimum atomic E-state index is -3.12. The first-order valence-electron chi connectivity index (χ1n) is 6.43. The van der Waals surface area contributed by atoms with Crippen molar-refractivity contribution in [1.29, 1.82) is 0 Å². The normalized spacial score (nSPS) is 29.2. The smallest absolute Gasteiger partial charge is 0.218 e. The van der Waals surface area contributed by atoms with E-state index in [0.29, 0.717) is 25.7 Å². The Hall–Kier alpha value is -0.170. The highest BCUT2D eigenvalue weighted by molar-refractivity contribution is 7.89. The molecule has 2 saturated heterocycles. The molecule has 6 heteroatoms. The molecule has 2 rings (SSSR count).